The van der Waals surface area contributed by atoms with Crippen LogP contribution in [0.15, 0.2) is 47.8 Å². The average molecular weight is 316 g/mol. The highest BCUT2D eigenvalue weighted by atomic mass is 35.5. The van der Waals surface area contributed by atoms with Crippen LogP contribution in [0.1, 0.15) is 29.7 Å². The Morgan fingerprint density at radius 1 is 1.19 bits per heavy atom. The summed E-state index contributed by atoms with van der Waals surface area (Å²) in [5.74, 6) is 0. The van der Waals surface area contributed by atoms with Crippen LogP contribution >= 0.6 is 22.9 Å². The molecule has 21 heavy (non-hydrogen) atoms. The largest absolute Gasteiger partial charge is 0.306 e. The summed E-state index contributed by atoms with van der Waals surface area (Å²) in [5.41, 5.74) is 3.66. The topological polar surface area (TPSA) is 12.0 Å². The molecule has 1 unspecified atom stereocenters. The lowest BCUT2D eigenvalue weighted by atomic mass is 9.97. The summed E-state index contributed by atoms with van der Waals surface area (Å²) in [6, 6.07) is 15.2. The van der Waals surface area contributed by atoms with Gasteiger partial charge in [0.1, 0.15) is 0 Å². The first-order valence-electron chi connectivity index (χ1n) is 7.16. The smallest absolute Gasteiger partial charge is 0.0591 e. The number of fused-ring (bicyclic) bond motifs is 1. The van der Waals surface area contributed by atoms with Crippen LogP contribution in [0, 0.1) is 6.92 Å². The first-order valence-corrected chi connectivity index (χ1v) is 8.42. The summed E-state index contributed by atoms with van der Waals surface area (Å²) >= 11 is 8.11. The average Bonchev–Trinajstić information content (AvgIpc) is 2.96. The maximum Gasteiger partial charge on any atom is 0.0591 e. The Kier molecular flexibility index (Phi) is 4.29. The van der Waals surface area contributed by atoms with Gasteiger partial charge in [0.25, 0.3) is 0 Å². The molecule has 0 amide bonds. The molecule has 1 aromatic heterocycles. The van der Waals surface area contributed by atoms with Crippen molar-refractivity contribution in [2.45, 2.75) is 19.9 Å². The molecular weight excluding hydrogens is 298 g/mol. The first kappa shape index (κ1) is 14.6. The number of rotatable bonds is 4. The summed E-state index contributed by atoms with van der Waals surface area (Å²) in [7, 11) is 0. The van der Waals surface area contributed by atoms with Crippen molar-refractivity contribution in [3.63, 3.8) is 0 Å². The Morgan fingerprint density at radius 2 is 2.05 bits per heavy atom. The Hall–Kier alpha value is -1.35. The molecule has 3 rings (SSSR count). The maximum atomic E-state index is 6.32. The van der Waals surface area contributed by atoms with E-state index >= 15 is 0 Å². The molecule has 1 atom stereocenters. The number of aryl methyl sites for hydroxylation is 1. The molecule has 0 bridgehead atoms. The molecule has 1 nitrogen and oxygen atoms in total. The van der Waals surface area contributed by atoms with Gasteiger partial charge in [-0.2, -0.15) is 0 Å². The minimum atomic E-state index is 0.176. The Morgan fingerprint density at radius 3 is 2.81 bits per heavy atom. The molecule has 3 aromatic rings. The van der Waals surface area contributed by atoms with Gasteiger partial charge in [-0.05, 0) is 53.1 Å². The number of nitrogens with one attached hydrogen (secondary N) is 1. The van der Waals surface area contributed by atoms with Crippen LogP contribution in [-0.2, 0) is 0 Å². The molecule has 0 spiro atoms. The molecule has 108 valence electrons. The van der Waals surface area contributed by atoms with Crippen LogP contribution < -0.4 is 5.32 Å². The van der Waals surface area contributed by atoms with E-state index in [9.17, 15) is 0 Å². The second-order valence-corrected chi connectivity index (χ2v) is 6.51. The van der Waals surface area contributed by atoms with E-state index in [1.807, 2.05) is 6.92 Å². The summed E-state index contributed by atoms with van der Waals surface area (Å²) in [4.78, 5) is 0. The van der Waals surface area contributed by atoms with E-state index in [1.54, 1.807) is 11.3 Å². The summed E-state index contributed by atoms with van der Waals surface area (Å²) in [5, 5.41) is 7.88. The predicted octanol–water partition coefficient (Wildman–Crippen LogP) is 5.56. The van der Waals surface area contributed by atoms with Crippen molar-refractivity contribution < 1.29 is 0 Å². The van der Waals surface area contributed by atoms with Crippen LogP contribution in [0.2, 0.25) is 5.02 Å². The van der Waals surface area contributed by atoms with E-state index in [-0.39, 0.29) is 6.04 Å². The fourth-order valence-corrected chi connectivity index (χ4v) is 3.78. The normalized spacial score (nSPS) is 12.7. The zero-order chi connectivity index (χ0) is 14.8. The molecule has 0 fully saturated rings. The highest BCUT2D eigenvalue weighted by molar-refractivity contribution is 7.17. The third-order valence-corrected chi connectivity index (χ3v) is 5.14. The van der Waals surface area contributed by atoms with E-state index in [0.717, 1.165) is 17.1 Å². The standard InChI is InChI=1S/C18H18ClNS/c1-3-20-17(14-8-7-12(2)16(19)11-14)15-6-4-5-13-9-10-21-18(13)15/h4-11,17,20H,3H2,1-2H3. The molecule has 0 radical (unpaired) electrons. The van der Waals surface area contributed by atoms with E-state index in [1.165, 1.54) is 21.2 Å². The Balaban J connectivity index is 2.13. The maximum absolute atomic E-state index is 6.32. The molecule has 0 saturated carbocycles. The third kappa shape index (κ3) is 2.84. The van der Waals surface area contributed by atoms with Crippen molar-refractivity contribution in [1.29, 1.82) is 0 Å². The molecule has 0 aliphatic rings. The molecule has 3 heteroatoms. The minimum Gasteiger partial charge on any atom is -0.306 e. The zero-order valence-corrected chi connectivity index (χ0v) is 13.8. The predicted molar refractivity (Wildman–Crippen MR) is 93.5 cm³/mol. The lowest BCUT2D eigenvalue weighted by molar-refractivity contribution is 0.635. The van der Waals surface area contributed by atoms with Gasteiger partial charge >= 0.3 is 0 Å². The fraction of sp³-hybridized carbons (Fsp3) is 0.222. The summed E-state index contributed by atoms with van der Waals surface area (Å²) < 4.78 is 1.35. The van der Waals surface area contributed by atoms with Gasteiger partial charge < -0.3 is 5.32 Å². The lowest BCUT2D eigenvalue weighted by Crippen LogP contribution is -2.22. The van der Waals surface area contributed by atoms with Crippen LogP contribution in [0.4, 0.5) is 0 Å². The van der Waals surface area contributed by atoms with Gasteiger partial charge in [-0.1, -0.05) is 48.9 Å². The third-order valence-electron chi connectivity index (χ3n) is 3.76. The van der Waals surface area contributed by atoms with Crippen LogP contribution in [0.25, 0.3) is 10.1 Å². The summed E-state index contributed by atoms with van der Waals surface area (Å²) in [6.45, 7) is 5.09. The number of halogens is 1. The molecule has 1 heterocycles. The Bertz CT molecular complexity index is 763. The first-order chi connectivity index (χ1) is 10.2. The Labute approximate surface area is 134 Å². The number of benzene rings is 2. The van der Waals surface area contributed by atoms with E-state index < -0.39 is 0 Å². The van der Waals surface area contributed by atoms with Gasteiger partial charge in [-0.25, -0.2) is 0 Å². The van der Waals surface area contributed by atoms with Gasteiger partial charge in [-0.3, -0.25) is 0 Å². The number of hydrogen-bond acceptors (Lipinski definition) is 2. The van der Waals surface area contributed by atoms with Crippen molar-refractivity contribution in [2.24, 2.45) is 0 Å². The zero-order valence-electron chi connectivity index (χ0n) is 12.2. The highest BCUT2D eigenvalue weighted by Gasteiger charge is 2.17. The van der Waals surface area contributed by atoms with Gasteiger partial charge in [0.15, 0.2) is 0 Å². The quantitative estimate of drug-likeness (QED) is 0.664. The van der Waals surface area contributed by atoms with Crippen molar-refractivity contribution in [3.8, 4) is 0 Å². The van der Waals surface area contributed by atoms with Crippen LogP contribution in [-0.4, -0.2) is 6.54 Å². The van der Waals surface area contributed by atoms with E-state index in [2.05, 4.69) is 60.1 Å². The van der Waals surface area contributed by atoms with Gasteiger partial charge in [0.2, 0.25) is 0 Å². The van der Waals surface area contributed by atoms with Gasteiger partial charge in [-0.15, -0.1) is 11.3 Å². The lowest BCUT2D eigenvalue weighted by Gasteiger charge is -2.20. The molecule has 0 aliphatic carbocycles. The number of thiophene rings is 1. The molecule has 0 aliphatic heterocycles. The SMILES string of the molecule is CCNC(c1ccc(C)c(Cl)c1)c1cccc2ccsc12. The molecule has 1 N–H and O–H groups in total. The van der Waals surface area contributed by atoms with Gasteiger partial charge in [0, 0.05) is 9.72 Å². The van der Waals surface area contributed by atoms with Crippen molar-refractivity contribution in [2.75, 3.05) is 6.54 Å². The molecule has 2 aromatic carbocycles. The van der Waals surface area contributed by atoms with Gasteiger partial charge in [0.05, 0.1) is 6.04 Å². The fourth-order valence-electron chi connectivity index (χ4n) is 2.64. The number of hydrogen-bond donors (Lipinski definition) is 1. The summed E-state index contributed by atoms with van der Waals surface area (Å²) in [6.07, 6.45) is 0. The van der Waals surface area contributed by atoms with E-state index in [0.29, 0.717) is 0 Å². The van der Waals surface area contributed by atoms with Crippen molar-refractivity contribution in [1.82, 2.24) is 5.32 Å². The monoisotopic (exact) mass is 315 g/mol. The van der Waals surface area contributed by atoms with Crippen LogP contribution in [0.5, 0.6) is 0 Å². The second kappa shape index (κ2) is 6.18. The van der Waals surface area contributed by atoms with Crippen LogP contribution in [0.3, 0.4) is 0 Å². The minimum absolute atomic E-state index is 0.176. The second-order valence-electron chi connectivity index (χ2n) is 5.19. The highest BCUT2D eigenvalue weighted by Crippen LogP contribution is 2.33. The molecular formula is C18H18ClNS. The van der Waals surface area contributed by atoms with Crippen molar-refractivity contribution >= 4 is 33.0 Å². The van der Waals surface area contributed by atoms with Crippen molar-refractivity contribution in [3.05, 3.63) is 69.6 Å². The van der Waals surface area contributed by atoms with E-state index in [4.69, 9.17) is 11.6 Å². The molecule has 0 saturated heterocycles.